The fraction of sp³-hybridized carbons (Fsp3) is 0.222. The number of hydrogen-bond donors (Lipinski definition) is 1. The number of carbonyl (C=O) groups excluding carboxylic acids is 2. The Hall–Kier alpha value is -2.82. The van der Waals surface area contributed by atoms with E-state index in [-0.39, 0.29) is 0 Å². The molecule has 2 aromatic carbocycles. The summed E-state index contributed by atoms with van der Waals surface area (Å²) >= 11 is 0. The van der Waals surface area contributed by atoms with E-state index in [4.69, 9.17) is 9.47 Å². The van der Waals surface area contributed by atoms with Crippen LogP contribution in [0.1, 0.15) is 11.6 Å². The lowest BCUT2D eigenvalue weighted by Gasteiger charge is -2.26. The molecule has 2 rings (SSSR count). The van der Waals surface area contributed by atoms with Crippen LogP contribution < -0.4 is 5.32 Å². The molecule has 0 bridgehead atoms. The summed E-state index contributed by atoms with van der Waals surface area (Å²) in [6.07, 6.45) is 0. The van der Waals surface area contributed by atoms with E-state index in [2.05, 4.69) is 5.32 Å². The standard InChI is InChI=1S/C18H19NO4/c1-22-17(20)15(18(21)23-2)16(13-9-5-3-6-10-13)19-14-11-7-4-8-12-14/h3-12,15-16,19H,1-2H3/t16-/m1/s1. The summed E-state index contributed by atoms with van der Waals surface area (Å²) < 4.78 is 9.59. The molecular formula is C18H19NO4. The molecular weight excluding hydrogens is 294 g/mol. The molecule has 1 atom stereocenters. The molecule has 0 saturated carbocycles. The Morgan fingerprint density at radius 2 is 1.30 bits per heavy atom. The van der Waals surface area contributed by atoms with Gasteiger partial charge in [-0.3, -0.25) is 9.59 Å². The molecule has 5 heteroatoms. The fourth-order valence-corrected chi connectivity index (χ4v) is 2.36. The van der Waals surface area contributed by atoms with Crippen molar-refractivity contribution in [2.24, 2.45) is 5.92 Å². The van der Waals surface area contributed by atoms with E-state index in [1.54, 1.807) is 0 Å². The second-order valence-electron chi connectivity index (χ2n) is 4.92. The third kappa shape index (κ3) is 4.10. The number of rotatable bonds is 6. The van der Waals surface area contributed by atoms with Crippen LogP contribution in [0.3, 0.4) is 0 Å². The van der Waals surface area contributed by atoms with E-state index in [1.807, 2.05) is 60.7 Å². The number of esters is 2. The number of ether oxygens (including phenoxy) is 2. The average molecular weight is 313 g/mol. The van der Waals surface area contributed by atoms with Gasteiger partial charge >= 0.3 is 11.9 Å². The molecule has 0 aromatic heterocycles. The maximum Gasteiger partial charge on any atom is 0.322 e. The van der Waals surface area contributed by atoms with E-state index in [0.717, 1.165) is 11.3 Å². The van der Waals surface area contributed by atoms with Crippen molar-refractivity contribution in [3.63, 3.8) is 0 Å². The van der Waals surface area contributed by atoms with Gasteiger partial charge in [0, 0.05) is 5.69 Å². The van der Waals surface area contributed by atoms with Crippen LogP contribution in [-0.4, -0.2) is 26.2 Å². The quantitative estimate of drug-likeness (QED) is 0.656. The van der Waals surface area contributed by atoms with E-state index in [1.165, 1.54) is 14.2 Å². The van der Waals surface area contributed by atoms with E-state index >= 15 is 0 Å². The number of carbonyl (C=O) groups is 2. The molecule has 0 aliphatic rings. The van der Waals surface area contributed by atoms with Gasteiger partial charge in [0.25, 0.3) is 0 Å². The molecule has 0 unspecified atom stereocenters. The molecule has 2 aromatic rings. The van der Waals surface area contributed by atoms with Crippen molar-refractivity contribution >= 4 is 17.6 Å². The second-order valence-corrected chi connectivity index (χ2v) is 4.92. The predicted octanol–water partition coefficient (Wildman–Crippen LogP) is 2.80. The summed E-state index contributed by atoms with van der Waals surface area (Å²) in [5, 5.41) is 3.22. The molecule has 0 fully saturated rings. The number of benzene rings is 2. The maximum atomic E-state index is 12.2. The van der Waals surface area contributed by atoms with Crippen LogP contribution in [0.5, 0.6) is 0 Å². The Morgan fingerprint density at radius 3 is 1.78 bits per heavy atom. The van der Waals surface area contributed by atoms with Crippen molar-refractivity contribution < 1.29 is 19.1 Å². The highest BCUT2D eigenvalue weighted by Gasteiger charge is 2.38. The zero-order valence-electron chi connectivity index (χ0n) is 13.1. The second kappa shape index (κ2) is 7.98. The summed E-state index contributed by atoms with van der Waals surface area (Å²) in [5.74, 6) is -2.39. The number of para-hydroxylation sites is 1. The molecule has 0 radical (unpaired) electrons. The smallest absolute Gasteiger partial charge is 0.322 e. The first-order valence-electron chi connectivity index (χ1n) is 7.19. The lowest BCUT2D eigenvalue weighted by molar-refractivity contribution is -0.159. The summed E-state index contributed by atoms with van der Waals surface area (Å²) in [6.45, 7) is 0. The normalized spacial score (nSPS) is 11.6. The molecule has 0 spiro atoms. The third-order valence-corrected chi connectivity index (χ3v) is 3.50. The highest BCUT2D eigenvalue weighted by Crippen LogP contribution is 2.28. The Labute approximate surface area is 135 Å². The lowest BCUT2D eigenvalue weighted by atomic mass is 9.92. The van der Waals surface area contributed by atoms with Crippen LogP contribution in [0.15, 0.2) is 60.7 Å². The SMILES string of the molecule is COC(=O)C(C(=O)OC)[C@H](Nc1ccccc1)c1ccccc1. The number of methoxy groups -OCH3 is 2. The van der Waals surface area contributed by atoms with Gasteiger partial charge in [0.05, 0.1) is 20.3 Å². The molecule has 0 aliphatic carbocycles. The fourth-order valence-electron chi connectivity index (χ4n) is 2.36. The van der Waals surface area contributed by atoms with Crippen molar-refractivity contribution in [1.29, 1.82) is 0 Å². The average Bonchev–Trinajstić information content (AvgIpc) is 2.62. The van der Waals surface area contributed by atoms with Crippen molar-refractivity contribution in [3.05, 3.63) is 66.2 Å². The van der Waals surface area contributed by atoms with E-state index in [9.17, 15) is 9.59 Å². The van der Waals surface area contributed by atoms with Crippen LogP contribution in [0.4, 0.5) is 5.69 Å². The van der Waals surface area contributed by atoms with Gasteiger partial charge in [0.15, 0.2) is 5.92 Å². The van der Waals surface area contributed by atoms with Gasteiger partial charge in [-0.05, 0) is 17.7 Å². The van der Waals surface area contributed by atoms with Crippen LogP contribution >= 0.6 is 0 Å². The topological polar surface area (TPSA) is 64.6 Å². The number of anilines is 1. The Bertz CT molecular complexity index is 627. The first-order valence-corrected chi connectivity index (χ1v) is 7.19. The molecule has 120 valence electrons. The summed E-state index contributed by atoms with van der Waals surface area (Å²) in [7, 11) is 2.51. The van der Waals surface area contributed by atoms with E-state index in [0.29, 0.717) is 0 Å². The minimum atomic E-state index is -1.10. The van der Waals surface area contributed by atoms with Crippen LogP contribution in [0.25, 0.3) is 0 Å². The zero-order chi connectivity index (χ0) is 16.7. The van der Waals surface area contributed by atoms with Crippen molar-refractivity contribution in [2.75, 3.05) is 19.5 Å². The van der Waals surface area contributed by atoms with Crippen LogP contribution in [0, 0.1) is 5.92 Å². The van der Waals surface area contributed by atoms with Crippen LogP contribution in [-0.2, 0) is 19.1 Å². The minimum absolute atomic E-state index is 0.599. The monoisotopic (exact) mass is 313 g/mol. The van der Waals surface area contributed by atoms with Crippen molar-refractivity contribution in [2.45, 2.75) is 6.04 Å². The molecule has 0 heterocycles. The van der Waals surface area contributed by atoms with Gasteiger partial charge in [-0.1, -0.05) is 48.5 Å². The molecule has 23 heavy (non-hydrogen) atoms. The minimum Gasteiger partial charge on any atom is -0.468 e. The van der Waals surface area contributed by atoms with E-state index < -0.39 is 23.9 Å². The highest BCUT2D eigenvalue weighted by molar-refractivity contribution is 5.96. The van der Waals surface area contributed by atoms with Gasteiger partial charge in [-0.25, -0.2) is 0 Å². The molecule has 1 N–H and O–H groups in total. The molecule has 0 amide bonds. The third-order valence-electron chi connectivity index (χ3n) is 3.50. The Morgan fingerprint density at radius 1 is 0.826 bits per heavy atom. The number of hydrogen-bond acceptors (Lipinski definition) is 5. The zero-order valence-corrected chi connectivity index (χ0v) is 13.1. The van der Waals surface area contributed by atoms with Gasteiger partial charge < -0.3 is 14.8 Å². The van der Waals surface area contributed by atoms with Gasteiger partial charge in [0.2, 0.25) is 0 Å². The predicted molar refractivity (Wildman–Crippen MR) is 86.8 cm³/mol. The van der Waals surface area contributed by atoms with Crippen molar-refractivity contribution in [1.82, 2.24) is 0 Å². The molecule has 0 saturated heterocycles. The lowest BCUT2D eigenvalue weighted by Crippen LogP contribution is -2.35. The largest absolute Gasteiger partial charge is 0.468 e. The first kappa shape index (κ1) is 16.5. The molecule has 5 nitrogen and oxygen atoms in total. The Balaban J connectivity index is 2.42. The summed E-state index contributed by atoms with van der Waals surface area (Å²) in [6, 6.07) is 18.0. The first-order chi connectivity index (χ1) is 11.2. The maximum absolute atomic E-state index is 12.2. The van der Waals surface area contributed by atoms with Crippen molar-refractivity contribution in [3.8, 4) is 0 Å². The summed E-state index contributed by atoms with van der Waals surface area (Å²) in [5.41, 5.74) is 1.58. The summed E-state index contributed by atoms with van der Waals surface area (Å²) in [4.78, 5) is 24.3. The molecule has 0 aliphatic heterocycles. The highest BCUT2D eigenvalue weighted by atomic mass is 16.5. The van der Waals surface area contributed by atoms with Gasteiger partial charge in [0.1, 0.15) is 0 Å². The van der Waals surface area contributed by atoms with Gasteiger partial charge in [-0.2, -0.15) is 0 Å². The van der Waals surface area contributed by atoms with Crippen LogP contribution in [0.2, 0.25) is 0 Å². The number of nitrogens with one attached hydrogen (secondary N) is 1. The Kier molecular flexibility index (Phi) is 5.74. The van der Waals surface area contributed by atoms with Gasteiger partial charge in [-0.15, -0.1) is 0 Å².